The average molecular weight is 472 g/mol. The fraction of sp³-hybridized carbons (Fsp3) is 0.714. The highest BCUT2D eigenvalue weighted by molar-refractivity contribution is 5.76. The van der Waals surface area contributed by atoms with E-state index in [4.69, 9.17) is 4.74 Å². The van der Waals surface area contributed by atoms with Crippen LogP contribution in [0.4, 0.5) is 0 Å². The van der Waals surface area contributed by atoms with Crippen LogP contribution < -0.4 is 0 Å². The molecule has 2 amide bonds. The van der Waals surface area contributed by atoms with E-state index in [-0.39, 0.29) is 0 Å². The number of nitrogens with zero attached hydrogens (tertiary/aromatic N) is 3. The maximum atomic E-state index is 11.9. The molecule has 1 aromatic rings. The van der Waals surface area contributed by atoms with E-state index < -0.39 is 0 Å². The summed E-state index contributed by atoms with van der Waals surface area (Å²) in [6.45, 7) is 7.17. The minimum absolute atomic E-state index is 0.356. The van der Waals surface area contributed by atoms with Gasteiger partial charge in [-0.2, -0.15) is 0 Å². The number of carbonyl (C=O) groups is 2. The smallest absolute Gasteiger partial charge is 0.222 e. The second kappa shape index (κ2) is 13.8. The quantitative estimate of drug-likeness (QED) is 0.529. The van der Waals surface area contributed by atoms with Gasteiger partial charge in [0.15, 0.2) is 0 Å². The Labute approximate surface area is 206 Å². The van der Waals surface area contributed by atoms with Gasteiger partial charge in [0.05, 0.1) is 6.10 Å². The Kier molecular flexibility index (Phi) is 10.9. The molecule has 3 heterocycles. The molecular weight excluding hydrogens is 426 g/mol. The van der Waals surface area contributed by atoms with Gasteiger partial charge in [0.1, 0.15) is 0 Å². The van der Waals surface area contributed by atoms with E-state index >= 15 is 0 Å². The van der Waals surface area contributed by atoms with E-state index in [0.29, 0.717) is 23.6 Å². The van der Waals surface area contributed by atoms with Crippen molar-refractivity contribution in [2.45, 2.75) is 88.8 Å². The third kappa shape index (κ3) is 8.38. The maximum Gasteiger partial charge on any atom is 0.222 e. The summed E-state index contributed by atoms with van der Waals surface area (Å²) >= 11 is 0. The SMILES string of the molecule is CC(CCCC(=O)N1CCCC1)N(C)CC1CCO1.O=CN1CCCC12CC2.c1ccccc1. The lowest BCUT2D eigenvalue weighted by Gasteiger charge is -2.33. The van der Waals surface area contributed by atoms with E-state index in [9.17, 15) is 9.59 Å². The largest absolute Gasteiger partial charge is 0.377 e. The summed E-state index contributed by atoms with van der Waals surface area (Å²) in [6.07, 6.45) is 12.8. The van der Waals surface area contributed by atoms with Crippen molar-refractivity contribution in [1.82, 2.24) is 14.7 Å². The van der Waals surface area contributed by atoms with Crippen molar-refractivity contribution < 1.29 is 14.3 Å². The summed E-state index contributed by atoms with van der Waals surface area (Å²) < 4.78 is 5.46. The first-order chi connectivity index (χ1) is 16.5. The topological polar surface area (TPSA) is 53.1 Å². The van der Waals surface area contributed by atoms with Crippen LogP contribution in [-0.4, -0.2) is 84.5 Å². The fourth-order valence-electron chi connectivity index (χ4n) is 5.01. The van der Waals surface area contributed by atoms with E-state index in [2.05, 4.69) is 18.9 Å². The Morgan fingerprint density at radius 1 is 1.06 bits per heavy atom. The van der Waals surface area contributed by atoms with Crippen LogP contribution in [0.5, 0.6) is 0 Å². The van der Waals surface area contributed by atoms with Crippen molar-refractivity contribution in [3.8, 4) is 0 Å². The molecule has 190 valence electrons. The van der Waals surface area contributed by atoms with Gasteiger partial charge in [-0.25, -0.2) is 0 Å². The molecule has 2 atom stereocenters. The molecule has 1 aromatic carbocycles. The van der Waals surface area contributed by atoms with E-state index in [0.717, 1.165) is 58.5 Å². The highest BCUT2D eigenvalue weighted by Crippen LogP contribution is 2.48. The highest BCUT2D eigenvalue weighted by Gasteiger charge is 2.50. The van der Waals surface area contributed by atoms with Crippen LogP contribution in [0.1, 0.15) is 71.1 Å². The molecule has 4 aliphatic rings. The van der Waals surface area contributed by atoms with Crippen molar-refractivity contribution in [2.24, 2.45) is 0 Å². The van der Waals surface area contributed by atoms with Crippen LogP contribution in [0.2, 0.25) is 0 Å². The summed E-state index contributed by atoms with van der Waals surface area (Å²) in [5.41, 5.74) is 0.377. The molecular formula is C28H45N3O3. The first-order valence-electron chi connectivity index (χ1n) is 13.4. The zero-order valence-electron chi connectivity index (χ0n) is 21.4. The van der Waals surface area contributed by atoms with Gasteiger partial charge in [0, 0.05) is 50.8 Å². The average Bonchev–Trinajstić information content (AvgIpc) is 3.23. The Balaban J connectivity index is 0.000000175. The number of carbonyl (C=O) groups excluding carboxylic acids is 2. The lowest BCUT2D eigenvalue weighted by atomic mass is 10.1. The molecule has 0 aromatic heterocycles. The van der Waals surface area contributed by atoms with Gasteiger partial charge in [-0.1, -0.05) is 36.4 Å². The van der Waals surface area contributed by atoms with Crippen LogP contribution in [0, 0.1) is 0 Å². The van der Waals surface area contributed by atoms with Gasteiger partial charge in [-0.15, -0.1) is 0 Å². The number of likely N-dealkylation sites (N-methyl/N-ethyl adjacent to an activating group) is 1. The van der Waals surface area contributed by atoms with Crippen LogP contribution in [0.3, 0.4) is 0 Å². The van der Waals surface area contributed by atoms with Crippen molar-refractivity contribution in [3.63, 3.8) is 0 Å². The lowest BCUT2D eigenvalue weighted by molar-refractivity contribution is -0.130. The van der Waals surface area contributed by atoms with E-state index in [1.807, 2.05) is 46.2 Å². The standard InChI is InChI=1S/C15H28N2O2.C7H11NO.C6H6/c1-13(16(2)12-14-8-11-19-14)6-5-7-15(18)17-9-3-4-10-17;9-6-8-5-1-2-7(8)3-4-7;1-2-4-6-5-3-1/h13-14H,3-12H2,1-2H3;6H,1-5H2;1-6H. The summed E-state index contributed by atoms with van der Waals surface area (Å²) in [4.78, 5) is 28.7. The van der Waals surface area contributed by atoms with Crippen molar-refractivity contribution in [3.05, 3.63) is 36.4 Å². The summed E-state index contributed by atoms with van der Waals surface area (Å²) in [5, 5.41) is 0. The zero-order valence-corrected chi connectivity index (χ0v) is 21.4. The van der Waals surface area contributed by atoms with Crippen molar-refractivity contribution >= 4 is 12.3 Å². The van der Waals surface area contributed by atoms with Gasteiger partial charge in [-0.05, 0) is 71.8 Å². The van der Waals surface area contributed by atoms with E-state index in [1.54, 1.807) is 0 Å². The second-order valence-corrected chi connectivity index (χ2v) is 10.3. The number of amides is 2. The van der Waals surface area contributed by atoms with Crippen LogP contribution in [0.15, 0.2) is 36.4 Å². The lowest BCUT2D eigenvalue weighted by Crippen LogP contribution is -2.41. The molecule has 6 heteroatoms. The first kappa shape index (κ1) is 26.7. The Hall–Kier alpha value is -1.92. The fourth-order valence-corrected chi connectivity index (χ4v) is 5.01. The molecule has 2 unspecified atom stereocenters. The molecule has 1 aliphatic carbocycles. The number of rotatable bonds is 8. The molecule has 0 radical (unpaired) electrons. The molecule has 5 rings (SSSR count). The second-order valence-electron chi connectivity index (χ2n) is 10.3. The Morgan fingerprint density at radius 2 is 1.68 bits per heavy atom. The summed E-state index contributed by atoms with van der Waals surface area (Å²) in [7, 11) is 2.16. The molecule has 3 saturated heterocycles. The molecule has 6 nitrogen and oxygen atoms in total. The van der Waals surface area contributed by atoms with Gasteiger partial charge < -0.3 is 19.4 Å². The Morgan fingerprint density at radius 3 is 2.15 bits per heavy atom. The molecule has 0 bridgehead atoms. The van der Waals surface area contributed by atoms with E-state index in [1.165, 1.54) is 44.9 Å². The normalized spacial score (nSPS) is 22.9. The third-order valence-corrected chi connectivity index (χ3v) is 7.78. The molecule has 34 heavy (non-hydrogen) atoms. The summed E-state index contributed by atoms with van der Waals surface area (Å²) in [6, 6.07) is 12.5. The monoisotopic (exact) mass is 471 g/mol. The number of likely N-dealkylation sites (tertiary alicyclic amines) is 2. The predicted molar refractivity (Wildman–Crippen MR) is 137 cm³/mol. The molecule has 0 N–H and O–H groups in total. The van der Waals surface area contributed by atoms with Crippen LogP contribution in [-0.2, 0) is 14.3 Å². The number of ether oxygens (including phenoxy) is 1. The maximum absolute atomic E-state index is 11.9. The van der Waals surface area contributed by atoms with Crippen molar-refractivity contribution in [1.29, 1.82) is 0 Å². The molecule has 1 saturated carbocycles. The van der Waals surface area contributed by atoms with Gasteiger partial charge in [0.2, 0.25) is 12.3 Å². The molecule has 3 aliphatic heterocycles. The van der Waals surface area contributed by atoms with Crippen LogP contribution in [0.25, 0.3) is 0 Å². The van der Waals surface area contributed by atoms with Crippen LogP contribution >= 0.6 is 0 Å². The van der Waals surface area contributed by atoms with Gasteiger partial charge in [-0.3, -0.25) is 9.59 Å². The van der Waals surface area contributed by atoms with Gasteiger partial charge in [0.25, 0.3) is 0 Å². The number of hydrogen-bond acceptors (Lipinski definition) is 4. The first-order valence-corrected chi connectivity index (χ1v) is 13.4. The molecule has 1 spiro atoms. The minimum atomic E-state index is 0.356. The summed E-state index contributed by atoms with van der Waals surface area (Å²) in [5.74, 6) is 0.356. The zero-order chi connectivity index (χ0) is 24.2. The number of benzene rings is 1. The highest BCUT2D eigenvalue weighted by atomic mass is 16.5. The molecule has 4 fully saturated rings. The third-order valence-electron chi connectivity index (χ3n) is 7.78. The Bertz CT molecular complexity index is 688. The number of hydrogen-bond donors (Lipinski definition) is 0. The predicted octanol–water partition coefficient (Wildman–Crippen LogP) is 4.35. The minimum Gasteiger partial charge on any atom is -0.377 e. The van der Waals surface area contributed by atoms with Gasteiger partial charge >= 0.3 is 0 Å². The van der Waals surface area contributed by atoms with Crippen molar-refractivity contribution in [2.75, 3.05) is 39.8 Å².